The molecular weight excluding hydrogens is 254 g/mol. The van der Waals surface area contributed by atoms with Crippen LogP contribution in [0.4, 0.5) is 4.79 Å². The van der Waals surface area contributed by atoms with Crippen LogP contribution in [0.15, 0.2) is 0 Å². The standard InChI is InChI=1S/C16H27NO3/c1-14(2,3)20-13(19)17-16(8-9-18)7-6-11-10-12(16)15(11,4)5/h9,11-12H,6-8,10H2,1-5H3,(H,17,19)/t11-,12+,16+/m0/s1. The van der Waals surface area contributed by atoms with Gasteiger partial charge < -0.3 is 14.8 Å². The predicted molar refractivity (Wildman–Crippen MR) is 77.4 cm³/mol. The third kappa shape index (κ3) is 2.57. The fourth-order valence-electron chi connectivity index (χ4n) is 4.15. The molecule has 0 unspecified atom stereocenters. The largest absolute Gasteiger partial charge is 0.444 e. The first-order valence-electron chi connectivity index (χ1n) is 7.55. The van der Waals surface area contributed by atoms with Gasteiger partial charge >= 0.3 is 6.09 Å². The van der Waals surface area contributed by atoms with Gasteiger partial charge in [-0.15, -0.1) is 0 Å². The van der Waals surface area contributed by atoms with Gasteiger partial charge in [-0.05, 0) is 57.3 Å². The Labute approximate surface area is 121 Å². The topological polar surface area (TPSA) is 55.4 Å². The maximum atomic E-state index is 12.1. The summed E-state index contributed by atoms with van der Waals surface area (Å²) in [6.45, 7) is 10.1. The number of alkyl carbamates (subject to hydrolysis) is 1. The normalized spacial score (nSPS) is 34.9. The lowest BCUT2D eigenvalue weighted by molar-refractivity contribution is -0.137. The maximum absolute atomic E-state index is 12.1. The number of hydrogen-bond acceptors (Lipinski definition) is 3. The van der Waals surface area contributed by atoms with Gasteiger partial charge in [0.05, 0.1) is 5.54 Å². The Balaban J connectivity index is 2.14. The Kier molecular flexibility index (Phi) is 3.64. The zero-order chi connectivity index (χ0) is 15.2. The Hall–Kier alpha value is -1.06. The summed E-state index contributed by atoms with van der Waals surface area (Å²) in [5.41, 5.74) is -0.725. The summed E-state index contributed by atoms with van der Waals surface area (Å²) in [6, 6.07) is 0. The first-order valence-corrected chi connectivity index (χ1v) is 7.55. The van der Waals surface area contributed by atoms with E-state index >= 15 is 0 Å². The highest BCUT2D eigenvalue weighted by Gasteiger charge is 2.61. The van der Waals surface area contributed by atoms with Gasteiger partial charge in [-0.25, -0.2) is 4.79 Å². The van der Waals surface area contributed by atoms with Gasteiger partial charge in [0.15, 0.2) is 0 Å². The van der Waals surface area contributed by atoms with Crippen LogP contribution in [-0.4, -0.2) is 23.5 Å². The Morgan fingerprint density at radius 1 is 1.40 bits per heavy atom. The molecule has 4 nitrogen and oxygen atoms in total. The van der Waals surface area contributed by atoms with Crippen molar-refractivity contribution in [3.05, 3.63) is 0 Å². The van der Waals surface area contributed by atoms with Crippen molar-refractivity contribution in [1.29, 1.82) is 0 Å². The second kappa shape index (κ2) is 4.74. The van der Waals surface area contributed by atoms with E-state index in [9.17, 15) is 9.59 Å². The average Bonchev–Trinajstić information content (AvgIpc) is 2.25. The zero-order valence-electron chi connectivity index (χ0n) is 13.3. The van der Waals surface area contributed by atoms with E-state index in [4.69, 9.17) is 4.74 Å². The molecule has 1 N–H and O–H groups in total. The molecule has 3 saturated carbocycles. The molecule has 3 rings (SSSR count). The molecule has 0 aromatic carbocycles. The number of fused-ring (bicyclic) bond motifs is 2. The van der Waals surface area contributed by atoms with Gasteiger partial charge in [-0.3, -0.25) is 0 Å². The third-order valence-electron chi connectivity index (χ3n) is 5.27. The van der Waals surface area contributed by atoms with E-state index in [2.05, 4.69) is 19.2 Å². The number of carbonyl (C=O) groups excluding carboxylic acids is 2. The fraction of sp³-hybridized carbons (Fsp3) is 0.875. The highest BCUT2D eigenvalue weighted by Crippen LogP contribution is 2.63. The van der Waals surface area contributed by atoms with Crippen LogP contribution in [0.5, 0.6) is 0 Å². The molecule has 114 valence electrons. The first-order chi connectivity index (χ1) is 9.11. The molecule has 2 bridgehead atoms. The van der Waals surface area contributed by atoms with Crippen LogP contribution in [0.1, 0.15) is 60.3 Å². The smallest absolute Gasteiger partial charge is 0.408 e. The molecule has 3 aliphatic rings. The highest BCUT2D eigenvalue weighted by molar-refractivity contribution is 5.70. The Morgan fingerprint density at radius 2 is 2.05 bits per heavy atom. The molecule has 0 aromatic heterocycles. The van der Waals surface area contributed by atoms with Crippen molar-refractivity contribution in [2.45, 2.75) is 71.4 Å². The predicted octanol–water partition coefficient (Wildman–Crippen LogP) is 3.30. The first kappa shape index (κ1) is 15.3. The molecule has 0 spiro atoms. The van der Waals surface area contributed by atoms with Crippen LogP contribution in [0, 0.1) is 17.3 Å². The van der Waals surface area contributed by atoms with Crippen molar-refractivity contribution in [2.24, 2.45) is 17.3 Å². The molecule has 20 heavy (non-hydrogen) atoms. The molecule has 0 saturated heterocycles. The molecule has 0 radical (unpaired) electrons. The Morgan fingerprint density at radius 3 is 2.50 bits per heavy atom. The summed E-state index contributed by atoms with van der Waals surface area (Å²) in [5, 5.41) is 3.04. The van der Waals surface area contributed by atoms with Crippen molar-refractivity contribution in [2.75, 3.05) is 0 Å². The Bertz CT molecular complexity index is 408. The van der Waals surface area contributed by atoms with Crippen LogP contribution < -0.4 is 5.32 Å². The van der Waals surface area contributed by atoms with Crippen LogP contribution in [0.25, 0.3) is 0 Å². The molecule has 3 aliphatic carbocycles. The minimum atomic E-state index is -0.515. The summed E-state index contributed by atoms with van der Waals surface area (Å²) in [7, 11) is 0. The number of aldehydes is 1. The van der Waals surface area contributed by atoms with Crippen LogP contribution in [-0.2, 0) is 9.53 Å². The lowest BCUT2D eigenvalue weighted by Gasteiger charge is -2.64. The van der Waals surface area contributed by atoms with Crippen LogP contribution in [0.3, 0.4) is 0 Å². The maximum Gasteiger partial charge on any atom is 0.408 e. The highest BCUT2D eigenvalue weighted by atomic mass is 16.6. The summed E-state index contributed by atoms with van der Waals surface area (Å²) < 4.78 is 5.38. The lowest BCUT2D eigenvalue weighted by Crippen LogP contribution is -2.68. The van der Waals surface area contributed by atoms with Gasteiger partial charge in [0, 0.05) is 6.42 Å². The molecule has 3 fully saturated rings. The number of ether oxygens (including phenoxy) is 1. The zero-order valence-corrected chi connectivity index (χ0v) is 13.3. The summed E-state index contributed by atoms with van der Waals surface area (Å²) in [4.78, 5) is 23.3. The van der Waals surface area contributed by atoms with E-state index in [1.165, 1.54) is 0 Å². The van der Waals surface area contributed by atoms with Crippen molar-refractivity contribution < 1.29 is 14.3 Å². The molecule has 4 heteroatoms. The van der Waals surface area contributed by atoms with Crippen LogP contribution in [0.2, 0.25) is 0 Å². The van der Waals surface area contributed by atoms with Crippen molar-refractivity contribution in [3.63, 3.8) is 0 Å². The lowest BCUT2D eigenvalue weighted by atomic mass is 9.42. The molecule has 0 aliphatic heterocycles. The number of carbonyl (C=O) groups is 2. The fourth-order valence-corrected chi connectivity index (χ4v) is 4.15. The molecular formula is C16H27NO3. The molecule has 3 atom stereocenters. The number of rotatable bonds is 3. The van der Waals surface area contributed by atoms with Gasteiger partial charge in [-0.2, -0.15) is 0 Å². The minimum Gasteiger partial charge on any atom is -0.444 e. The molecule has 0 aromatic rings. The molecule has 0 heterocycles. The number of amides is 1. The van der Waals surface area contributed by atoms with Gasteiger partial charge in [0.1, 0.15) is 11.9 Å². The van der Waals surface area contributed by atoms with E-state index in [1.807, 2.05) is 20.8 Å². The summed E-state index contributed by atoms with van der Waals surface area (Å²) in [6.07, 6.45) is 3.98. The second-order valence-corrected chi connectivity index (χ2v) is 8.00. The van der Waals surface area contributed by atoms with Gasteiger partial charge in [-0.1, -0.05) is 13.8 Å². The number of nitrogens with one attached hydrogen (secondary N) is 1. The average molecular weight is 281 g/mol. The second-order valence-electron chi connectivity index (χ2n) is 8.00. The monoisotopic (exact) mass is 281 g/mol. The van der Waals surface area contributed by atoms with E-state index in [1.54, 1.807) is 0 Å². The number of hydrogen-bond donors (Lipinski definition) is 1. The SMILES string of the molecule is CC(C)(C)OC(=O)N[C@@]1(CC=O)CC[C@H]2C[C@@H]1C2(C)C. The third-order valence-corrected chi connectivity index (χ3v) is 5.27. The quantitative estimate of drug-likeness (QED) is 0.808. The van der Waals surface area contributed by atoms with Crippen LogP contribution >= 0.6 is 0 Å². The van der Waals surface area contributed by atoms with E-state index in [0.29, 0.717) is 12.3 Å². The van der Waals surface area contributed by atoms with E-state index in [0.717, 1.165) is 31.5 Å². The van der Waals surface area contributed by atoms with Crippen molar-refractivity contribution >= 4 is 12.4 Å². The van der Waals surface area contributed by atoms with Crippen molar-refractivity contribution in [1.82, 2.24) is 5.32 Å². The van der Waals surface area contributed by atoms with E-state index < -0.39 is 17.2 Å². The minimum absolute atomic E-state index is 0.205. The van der Waals surface area contributed by atoms with Crippen molar-refractivity contribution in [3.8, 4) is 0 Å². The summed E-state index contributed by atoms with van der Waals surface area (Å²) in [5.74, 6) is 1.10. The van der Waals surface area contributed by atoms with Gasteiger partial charge in [0.25, 0.3) is 0 Å². The summed E-state index contributed by atoms with van der Waals surface area (Å²) >= 11 is 0. The molecule has 1 amide bonds. The van der Waals surface area contributed by atoms with E-state index in [-0.39, 0.29) is 5.41 Å². The van der Waals surface area contributed by atoms with Gasteiger partial charge in [0.2, 0.25) is 0 Å².